The molecule has 0 aromatic carbocycles. The van der Waals surface area contributed by atoms with Crippen molar-refractivity contribution >= 4 is 23.1 Å². The highest BCUT2D eigenvalue weighted by molar-refractivity contribution is 7.98. The van der Waals surface area contributed by atoms with Gasteiger partial charge in [0.05, 0.1) is 5.75 Å². The molecule has 0 atom stereocenters. The van der Waals surface area contributed by atoms with Crippen LogP contribution in [0.5, 0.6) is 0 Å². The number of hydrogen-bond acceptors (Lipinski definition) is 6. The first-order chi connectivity index (χ1) is 7.24. The number of thioether (sulfide) groups is 1. The monoisotopic (exact) mass is 240 g/mol. The van der Waals surface area contributed by atoms with Crippen LogP contribution in [0.1, 0.15) is 10.7 Å². The molecule has 0 spiro atoms. The zero-order chi connectivity index (χ0) is 10.7. The maximum absolute atomic E-state index is 10.9. The molecule has 0 saturated carbocycles. The standard InChI is InChI=1S/C8H8N4OS2/c1-5-3-14-7(10-5)4-15-8-11-6(13)2-9-12-8/h2-3H,4H2,1H3,(H,11,12,13). The normalized spacial score (nSPS) is 10.5. The molecule has 15 heavy (non-hydrogen) atoms. The van der Waals surface area contributed by atoms with E-state index in [1.165, 1.54) is 11.8 Å². The SMILES string of the molecule is Cc1csc(CSc2nncc(=O)[nH]2)n1. The Morgan fingerprint density at radius 2 is 2.47 bits per heavy atom. The summed E-state index contributed by atoms with van der Waals surface area (Å²) in [6, 6.07) is 0. The van der Waals surface area contributed by atoms with Gasteiger partial charge in [-0.25, -0.2) is 4.98 Å². The van der Waals surface area contributed by atoms with Gasteiger partial charge in [-0.2, -0.15) is 5.10 Å². The molecule has 0 unspecified atom stereocenters. The van der Waals surface area contributed by atoms with E-state index in [0.29, 0.717) is 10.9 Å². The van der Waals surface area contributed by atoms with Crippen molar-refractivity contribution in [1.82, 2.24) is 20.2 Å². The summed E-state index contributed by atoms with van der Waals surface area (Å²) in [4.78, 5) is 17.8. The first-order valence-electron chi connectivity index (χ1n) is 4.20. The average Bonchev–Trinajstić information content (AvgIpc) is 2.62. The van der Waals surface area contributed by atoms with Gasteiger partial charge in [0, 0.05) is 11.1 Å². The van der Waals surface area contributed by atoms with Crippen molar-refractivity contribution in [2.24, 2.45) is 0 Å². The van der Waals surface area contributed by atoms with Gasteiger partial charge in [0.1, 0.15) is 11.2 Å². The Kier molecular flexibility index (Phi) is 3.12. The smallest absolute Gasteiger partial charge is 0.270 e. The summed E-state index contributed by atoms with van der Waals surface area (Å²) in [5.74, 6) is 0.702. The molecule has 0 aliphatic heterocycles. The van der Waals surface area contributed by atoms with E-state index in [9.17, 15) is 4.79 Å². The number of aryl methyl sites for hydroxylation is 1. The molecule has 0 aliphatic rings. The van der Waals surface area contributed by atoms with E-state index in [-0.39, 0.29) is 5.56 Å². The Morgan fingerprint density at radius 1 is 1.60 bits per heavy atom. The molecule has 2 rings (SSSR count). The van der Waals surface area contributed by atoms with Crippen molar-refractivity contribution in [3.63, 3.8) is 0 Å². The number of H-pyrrole nitrogens is 1. The van der Waals surface area contributed by atoms with Crippen LogP contribution in [0.15, 0.2) is 21.5 Å². The highest BCUT2D eigenvalue weighted by Crippen LogP contribution is 2.19. The minimum atomic E-state index is -0.234. The number of nitrogens with zero attached hydrogens (tertiary/aromatic N) is 3. The Morgan fingerprint density at radius 3 is 3.13 bits per heavy atom. The third-order valence-electron chi connectivity index (χ3n) is 1.55. The summed E-state index contributed by atoms with van der Waals surface area (Å²) in [6.07, 6.45) is 1.15. The van der Waals surface area contributed by atoms with E-state index in [0.717, 1.165) is 16.9 Å². The topological polar surface area (TPSA) is 71.5 Å². The second-order valence-electron chi connectivity index (χ2n) is 2.81. The molecule has 2 aromatic rings. The molecule has 2 aromatic heterocycles. The fourth-order valence-electron chi connectivity index (χ4n) is 0.960. The number of rotatable bonds is 3. The Labute approximate surface area is 94.0 Å². The van der Waals surface area contributed by atoms with Crippen molar-refractivity contribution in [2.75, 3.05) is 0 Å². The number of aromatic nitrogens is 4. The van der Waals surface area contributed by atoms with Gasteiger partial charge in [0.25, 0.3) is 5.56 Å². The third kappa shape index (κ3) is 2.87. The second-order valence-corrected chi connectivity index (χ2v) is 4.72. The minimum Gasteiger partial charge on any atom is -0.299 e. The minimum absolute atomic E-state index is 0.234. The molecule has 78 valence electrons. The predicted molar refractivity (Wildman–Crippen MR) is 59.1 cm³/mol. The molecule has 7 heteroatoms. The third-order valence-corrected chi connectivity index (χ3v) is 3.58. The number of nitrogens with one attached hydrogen (secondary N) is 1. The lowest BCUT2D eigenvalue weighted by Gasteiger charge is -1.95. The van der Waals surface area contributed by atoms with E-state index < -0.39 is 0 Å². The summed E-state index contributed by atoms with van der Waals surface area (Å²) in [5, 5.41) is 10.9. The zero-order valence-electron chi connectivity index (χ0n) is 7.93. The van der Waals surface area contributed by atoms with E-state index in [2.05, 4.69) is 20.2 Å². The van der Waals surface area contributed by atoms with E-state index in [4.69, 9.17) is 0 Å². The quantitative estimate of drug-likeness (QED) is 0.817. The maximum Gasteiger partial charge on any atom is 0.270 e. The van der Waals surface area contributed by atoms with Gasteiger partial charge < -0.3 is 0 Å². The van der Waals surface area contributed by atoms with E-state index in [1.54, 1.807) is 11.3 Å². The maximum atomic E-state index is 10.9. The summed E-state index contributed by atoms with van der Waals surface area (Å²) in [5.41, 5.74) is 0.783. The molecule has 1 N–H and O–H groups in total. The van der Waals surface area contributed by atoms with Crippen LogP contribution in [0.3, 0.4) is 0 Å². The number of thiazole rings is 1. The first-order valence-corrected chi connectivity index (χ1v) is 6.06. The predicted octanol–water partition coefficient (Wildman–Crippen LogP) is 1.22. The Bertz CT molecular complexity index is 507. The lowest BCUT2D eigenvalue weighted by Crippen LogP contribution is -2.07. The lowest BCUT2D eigenvalue weighted by molar-refractivity contribution is 0.817. The van der Waals surface area contributed by atoms with Crippen molar-refractivity contribution in [1.29, 1.82) is 0 Å². The molecule has 0 fully saturated rings. The van der Waals surface area contributed by atoms with Gasteiger partial charge in [0.15, 0.2) is 5.16 Å². The molecule has 0 radical (unpaired) electrons. The first kappa shape index (κ1) is 10.3. The summed E-state index contributed by atoms with van der Waals surface area (Å²) < 4.78 is 0. The van der Waals surface area contributed by atoms with Crippen molar-refractivity contribution < 1.29 is 0 Å². The van der Waals surface area contributed by atoms with Gasteiger partial charge in [-0.05, 0) is 6.92 Å². The van der Waals surface area contributed by atoms with E-state index >= 15 is 0 Å². The molecular formula is C8H8N4OS2. The molecule has 2 heterocycles. The van der Waals surface area contributed by atoms with Crippen LogP contribution < -0.4 is 5.56 Å². The fourth-order valence-corrected chi connectivity index (χ4v) is 2.57. The Balaban J connectivity index is 2.02. The highest BCUT2D eigenvalue weighted by atomic mass is 32.2. The molecule has 0 aliphatic carbocycles. The largest absolute Gasteiger partial charge is 0.299 e. The van der Waals surface area contributed by atoms with E-state index in [1.807, 2.05) is 12.3 Å². The van der Waals surface area contributed by atoms with Crippen molar-refractivity contribution in [2.45, 2.75) is 17.8 Å². The number of hydrogen-bond donors (Lipinski definition) is 1. The number of aromatic amines is 1. The highest BCUT2D eigenvalue weighted by Gasteiger charge is 2.02. The van der Waals surface area contributed by atoms with Gasteiger partial charge in [-0.3, -0.25) is 9.78 Å². The second kappa shape index (κ2) is 4.54. The van der Waals surface area contributed by atoms with Crippen molar-refractivity contribution in [3.8, 4) is 0 Å². The van der Waals surface area contributed by atoms with Crippen LogP contribution in [0.25, 0.3) is 0 Å². The molecule has 0 amide bonds. The van der Waals surface area contributed by atoms with Gasteiger partial charge >= 0.3 is 0 Å². The van der Waals surface area contributed by atoms with Crippen molar-refractivity contribution in [3.05, 3.63) is 32.6 Å². The fraction of sp³-hybridized carbons (Fsp3) is 0.250. The van der Waals surface area contributed by atoms with Crippen LogP contribution in [-0.4, -0.2) is 20.2 Å². The average molecular weight is 240 g/mol. The Hall–Kier alpha value is -1.21. The van der Waals surface area contributed by atoms with Gasteiger partial charge in [-0.15, -0.1) is 16.4 Å². The molecule has 0 bridgehead atoms. The molecule has 0 saturated heterocycles. The van der Waals surface area contributed by atoms with Crippen LogP contribution >= 0.6 is 23.1 Å². The molecular weight excluding hydrogens is 232 g/mol. The van der Waals surface area contributed by atoms with Crippen LogP contribution in [0.4, 0.5) is 0 Å². The summed E-state index contributed by atoms with van der Waals surface area (Å²) in [6.45, 7) is 1.95. The van der Waals surface area contributed by atoms with Crippen LogP contribution in [0.2, 0.25) is 0 Å². The van der Waals surface area contributed by atoms with Gasteiger partial charge in [0.2, 0.25) is 0 Å². The summed E-state index contributed by atoms with van der Waals surface area (Å²) >= 11 is 3.02. The molecule has 5 nitrogen and oxygen atoms in total. The summed E-state index contributed by atoms with van der Waals surface area (Å²) in [7, 11) is 0. The van der Waals surface area contributed by atoms with Crippen LogP contribution in [-0.2, 0) is 5.75 Å². The lowest BCUT2D eigenvalue weighted by atomic mass is 10.6. The van der Waals surface area contributed by atoms with Gasteiger partial charge in [-0.1, -0.05) is 11.8 Å². The van der Waals surface area contributed by atoms with Crippen LogP contribution in [0, 0.1) is 6.92 Å². The zero-order valence-corrected chi connectivity index (χ0v) is 9.56.